The van der Waals surface area contributed by atoms with Gasteiger partial charge in [0.15, 0.2) is 0 Å². The second-order valence-corrected chi connectivity index (χ2v) is 7.61. The molecule has 0 N–H and O–H groups in total. The van der Waals surface area contributed by atoms with Crippen LogP contribution in [-0.4, -0.2) is 40.8 Å². The van der Waals surface area contributed by atoms with Crippen LogP contribution in [-0.2, 0) is 13.8 Å². The molecule has 0 aliphatic carbocycles. The minimum absolute atomic E-state index is 0.132. The first kappa shape index (κ1) is 15.9. The van der Waals surface area contributed by atoms with Gasteiger partial charge in [-0.2, -0.15) is 0 Å². The Balaban J connectivity index is 2.33. The Morgan fingerprint density at radius 2 is 1.86 bits per heavy atom. The molecule has 0 saturated carbocycles. The van der Waals surface area contributed by atoms with Crippen LogP contribution in [0.15, 0.2) is 18.2 Å². The van der Waals surface area contributed by atoms with Crippen molar-refractivity contribution in [2.45, 2.75) is 6.42 Å². The van der Waals surface area contributed by atoms with Crippen molar-refractivity contribution in [2.75, 3.05) is 31.4 Å². The number of carbonyl (C=O) groups is 1. The lowest BCUT2D eigenvalue weighted by Crippen LogP contribution is -2.26. The predicted octanol–water partition coefficient (Wildman–Crippen LogP) is 1.63. The van der Waals surface area contributed by atoms with Crippen molar-refractivity contribution in [1.29, 1.82) is 0 Å². The van der Waals surface area contributed by atoms with Gasteiger partial charge >= 0.3 is 0 Å². The first-order chi connectivity index (χ1) is 9.85. The third-order valence-corrected chi connectivity index (χ3v) is 4.56. The van der Waals surface area contributed by atoms with Crippen LogP contribution in [0, 0.1) is 5.92 Å². The molecule has 0 aromatic heterocycles. The van der Waals surface area contributed by atoms with Gasteiger partial charge in [-0.15, -0.1) is 0 Å². The van der Waals surface area contributed by atoms with Crippen LogP contribution in [0.2, 0.25) is 0 Å². The highest BCUT2D eigenvalue weighted by Crippen LogP contribution is 2.40. The molecule has 1 atom stereocenters. The molecule has 116 valence electrons. The number of hydrogen-bond acceptors (Lipinski definition) is 5. The summed E-state index contributed by atoms with van der Waals surface area (Å²) in [5, 5.41) is 0. The lowest BCUT2D eigenvalue weighted by molar-refractivity contribution is -0.117. The quantitative estimate of drug-likeness (QED) is 0.766. The van der Waals surface area contributed by atoms with E-state index in [-0.39, 0.29) is 30.5 Å². The zero-order chi connectivity index (χ0) is 15.6. The van der Waals surface area contributed by atoms with Gasteiger partial charge in [-0.1, -0.05) is 6.07 Å². The molecule has 0 radical (unpaired) electrons. The van der Waals surface area contributed by atoms with Gasteiger partial charge in [0.1, 0.15) is 17.2 Å². The molecule has 0 bridgehead atoms. The highest BCUT2D eigenvalue weighted by atomic mass is 35.7. The molecule has 0 spiro atoms. The Kier molecular flexibility index (Phi) is 4.63. The van der Waals surface area contributed by atoms with Gasteiger partial charge in [0, 0.05) is 29.6 Å². The number of ether oxygens (including phenoxy) is 2. The van der Waals surface area contributed by atoms with Crippen LogP contribution in [0.1, 0.15) is 6.42 Å². The number of hydrogen-bond donors (Lipinski definition) is 0. The van der Waals surface area contributed by atoms with Crippen LogP contribution in [0.5, 0.6) is 11.5 Å². The number of carbonyl (C=O) groups excluding carboxylic acids is 1. The molecule has 1 saturated heterocycles. The molecule has 1 aromatic rings. The summed E-state index contributed by atoms with van der Waals surface area (Å²) in [5.74, 6) is 0.251. The third kappa shape index (κ3) is 3.59. The van der Waals surface area contributed by atoms with Crippen LogP contribution in [0.25, 0.3) is 0 Å². The minimum Gasteiger partial charge on any atom is -0.494 e. The van der Waals surface area contributed by atoms with Gasteiger partial charge in [0.25, 0.3) is 0 Å². The van der Waals surface area contributed by atoms with Crippen molar-refractivity contribution in [3.05, 3.63) is 18.2 Å². The van der Waals surface area contributed by atoms with Crippen molar-refractivity contribution in [3.63, 3.8) is 0 Å². The van der Waals surface area contributed by atoms with E-state index >= 15 is 0 Å². The van der Waals surface area contributed by atoms with Crippen molar-refractivity contribution < 1.29 is 22.7 Å². The first-order valence-corrected chi connectivity index (χ1v) is 8.77. The molecule has 1 aliphatic rings. The summed E-state index contributed by atoms with van der Waals surface area (Å²) in [6, 6.07) is 5.19. The maximum absolute atomic E-state index is 12.2. The predicted molar refractivity (Wildman–Crippen MR) is 79.6 cm³/mol. The molecule has 2 rings (SSSR count). The highest BCUT2D eigenvalue weighted by molar-refractivity contribution is 8.13. The van der Waals surface area contributed by atoms with Crippen molar-refractivity contribution in [2.24, 2.45) is 5.92 Å². The maximum Gasteiger partial charge on any atom is 0.232 e. The Bertz CT molecular complexity index is 624. The Morgan fingerprint density at radius 3 is 2.33 bits per heavy atom. The van der Waals surface area contributed by atoms with Gasteiger partial charge in [-0.05, 0) is 12.1 Å². The van der Waals surface area contributed by atoms with Crippen LogP contribution in [0.4, 0.5) is 5.69 Å². The number of nitrogens with zero attached hydrogens (tertiary/aromatic N) is 1. The van der Waals surface area contributed by atoms with Crippen molar-refractivity contribution in [3.8, 4) is 11.5 Å². The number of anilines is 1. The van der Waals surface area contributed by atoms with E-state index in [0.717, 1.165) is 0 Å². The Hall–Kier alpha value is -1.47. The second-order valence-electron chi connectivity index (χ2n) is 4.79. The standard InChI is InChI=1S/C13H16ClNO5S/c1-19-10-4-3-5-11(20-2)13(10)15-7-9(6-12(15)16)8-21(14,17)18/h3-5,9H,6-8H2,1-2H3. The summed E-state index contributed by atoms with van der Waals surface area (Å²) < 4.78 is 32.9. The summed E-state index contributed by atoms with van der Waals surface area (Å²) in [5.41, 5.74) is 0.516. The van der Waals surface area contributed by atoms with Gasteiger partial charge in [-0.25, -0.2) is 8.42 Å². The summed E-state index contributed by atoms with van der Waals surface area (Å²) in [6.45, 7) is 0.265. The molecule has 21 heavy (non-hydrogen) atoms. The highest BCUT2D eigenvalue weighted by Gasteiger charge is 2.35. The van der Waals surface area contributed by atoms with E-state index in [1.165, 1.54) is 19.1 Å². The summed E-state index contributed by atoms with van der Waals surface area (Å²) >= 11 is 0. The van der Waals surface area contributed by atoms with Gasteiger partial charge in [0.05, 0.1) is 20.0 Å². The molecule has 6 nitrogen and oxygen atoms in total. The largest absolute Gasteiger partial charge is 0.494 e. The molecule has 8 heteroatoms. The number of para-hydroxylation sites is 1. The molecule has 1 aliphatic heterocycles. The van der Waals surface area contributed by atoms with E-state index in [9.17, 15) is 13.2 Å². The fraction of sp³-hybridized carbons (Fsp3) is 0.462. The number of benzene rings is 1. The smallest absolute Gasteiger partial charge is 0.232 e. The summed E-state index contributed by atoms with van der Waals surface area (Å²) in [4.78, 5) is 13.7. The zero-order valence-electron chi connectivity index (χ0n) is 11.7. The molecule has 1 fully saturated rings. The second kappa shape index (κ2) is 6.11. The first-order valence-electron chi connectivity index (χ1n) is 6.29. The maximum atomic E-state index is 12.2. The normalized spacial score (nSPS) is 18.9. The lowest BCUT2D eigenvalue weighted by atomic mass is 10.1. The van der Waals surface area contributed by atoms with Crippen LogP contribution >= 0.6 is 10.7 Å². The molecule has 1 heterocycles. The van der Waals surface area contributed by atoms with Gasteiger partial charge in [-0.3, -0.25) is 4.79 Å². The minimum atomic E-state index is -3.64. The summed E-state index contributed by atoms with van der Waals surface area (Å²) in [7, 11) is 4.63. The molecular formula is C13H16ClNO5S. The van der Waals surface area contributed by atoms with E-state index in [1.807, 2.05) is 0 Å². The molecule has 1 aromatic carbocycles. The third-order valence-electron chi connectivity index (χ3n) is 3.31. The van der Waals surface area contributed by atoms with Crippen LogP contribution in [0.3, 0.4) is 0 Å². The fourth-order valence-corrected chi connectivity index (χ4v) is 3.81. The van der Waals surface area contributed by atoms with E-state index in [4.69, 9.17) is 20.2 Å². The number of halogens is 1. The van der Waals surface area contributed by atoms with Crippen LogP contribution < -0.4 is 14.4 Å². The topological polar surface area (TPSA) is 72.9 Å². The van der Waals surface area contributed by atoms with E-state index in [2.05, 4.69) is 0 Å². The summed E-state index contributed by atoms with van der Waals surface area (Å²) in [6.07, 6.45) is 0.132. The van der Waals surface area contributed by atoms with E-state index in [0.29, 0.717) is 17.2 Å². The Morgan fingerprint density at radius 1 is 1.29 bits per heavy atom. The number of methoxy groups -OCH3 is 2. The zero-order valence-corrected chi connectivity index (χ0v) is 13.3. The molecule has 1 unspecified atom stereocenters. The molecule has 1 amide bonds. The van der Waals surface area contributed by atoms with Crippen molar-refractivity contribution >= 4 is 31.3 Å². The molecular weight excluding hydrogens is 318 g/mol. The van der Waals surface area contributed by atoms with E-state index < -0.39 is 9.05 Å². The SMILES string of the molecule is COc1cccc(OC)c1N1CC(CS(=O)(=O)Cl)CC1=O. The van der Waals surface area contributed by atoms with Crippen molar-refractivity contribution in [1.82, 2.24) is 0 Å². The van der Waals surface area contributed by atoms with Gasteiger partial charge in [0.2, 0.25) is 15.0 Å². The number of amides is 1. The fourth-order valence-electron chi connectivity index (χ4n) is 2.49. The lowest BCUT2D eigenvalue weighted by Gasteiger charge is -2.22. The Labute approximate surface area is 128 Å². The van der Waals surface area contributed by atoms with Gasteiger partial charge < -0.3 is 14.4 Å². The monoisotopic (exact) mass is 333 g/mol. The average molecular weight is 334 g/mol. The number of rotatable bonds is 5. The average Bonchev–Trinajstić information content (AvgIpc) is 2.75. The van der Waals surface area contributed by atoms with E-state index in [1.54, 1.807) is 18.2 Å².